The van der Waals surface area contributed by atoms with E-state index in [4.69, 9.17) is 4.74 Å². The lowest BCUT2D eigenvalue weighted by atomic mass is 10.3. The Labute approximate surface area is 86.1 Å². The van der Waals surface area contributed by atoms with E-state index in [0.717, 1.165) is 31.9 Å². The topological polar surface area (TPSA) is 21.3 Å². The third-order valence-corrected chi connectivity index (χ3v) is 2.58. The number of thioether (sulfide) groups is 1. The Hall–Kier alpha value is 0.01000. The van der Waals surface area contributed by atoms with Crippen LogP contribution >= 0.6 is 11.8 Å². The van der Waals surface area contributed by atoms with Crippen LogP contribution in [0.1, 0.15) is 12.8 Å². The van der Waals surface area contributed by atoms with Crippen LogP contribution < -0.4 is 5.32 Å². The lowest BCUT2D eigenvalue weighted by molar-refractivity contribution is 0.192. The highest BCUT2D eigenvalue weighted by atomic mass is 32.2. The van der Waals surface area contributed by atoms with Gasteiger partial charge in [0.1, 0.15) is 0 Å². The van der Waals surface area contributed by atoms with Crippen molar-refractivity contribution in [2.75, 3.05) is 38.3 Å². The molecule has 0 saturated carbocycles. The van der Waals surface area contributed by atoms with E-state index in [1.165, 1.54) is 12.2 Å². The fraction of sp³-hybridized carbons (Fsp3) is 0.800. The molecule has 0 aromatic heterocycles. The summed E-state index contributed by atoms with van der Waals surface area (Å²) in [6.45, 7) is 6.77. The van der Waals surface area contributed by atoms with Crippen LogP contribution in [0.2, 0.25) is 0 Å². The van der Waals surface area contributed by atoms with E-state index in [-0.39, 0.29) is 0 Å². The van der Waals surface area contributed by atoms with Gasteiger partial charge in [0.05, 0.1) is 0 Å². The fourth-order valence-corrected chi connectivity index (χ4v) is 1.55. The Bertz CT molecular complexity index is 109. The van der Waals surface area contributed by atoms with Crippen molar-refractivity contribution in [2.24, 2.45) is 0 Å². The van der Waals surface area contributed by atoms with Gasteiger partial charge in [0.15, 0.2) is 0 Å². The molecule has 0 spiro atoms. The second kappa shape index (κ2) is 12.0. The van der Waals surface area contributed by atoms with E-state index in [2.05, 4.69) is 11.9 Å². The first-order valence-corrected chi connectivity index (χ1v) is 5.95. The molecule has 13 heavy (non-hydrogen) atoms. The Morgan fingerprint density at radius 3 is 2.92 bits per heavy atom. The van der Waals surface area contributed by atoms with Crippen LogP contribution in [0.4, 0.5) is 0 Å². The van der Waals surface area contributed by atoms with Crippen molar-refractivity contribution >= 4 is 11.8 Å². The van der Waals surface area contributed by atoms with Crippen molar-refractivity contribution in [3.8, 4) is 0 Å². The summed E-state index contributed by atoms with van der Waals surface area (Å²) in [4.78, 5) is 0. The second-order valence-electron chi connectivity index (χ2n) is 2.81. The van der Waals surface area contributed by atoms with Gasteiger partial charge in [0.25, 0.3) is 0 Å². The molecule has 3 heteroatoms. The molecule has 0 aromatic carbocycles. The molecular formula is C10H21NOS. The van der Waals surface area contributed by atoms with E-state index < -0.39 is 0 Å². The normalized spacial score (nSPS) is 10.2. The highest BCUT2D eigenvalue weighted by molar-refractivity contribution is 7.99. The lowest BCUT2D eigenvalue weighted by Crippen LogP contribution is -2.18. The summed E-state index contributed by atoms with van der Waals surface area (Å²) in [6, 6.07) is 0. The molecular weight excluding hydrogens is 182 g/mol. The molecule has 0 unspecified atom stereocenters. The van der Waals surface area contributed by atoms with E-state index in [1.54, 1.807) is 7.11 Å². The molecule has 0 saturated heterocycles. The number of hydrogen-bond donors (Lipinski definition) is 1. The van der Waals surface area contributed by atoms with E-state index in [9.17, 15) is 0 Å². The third-order valence-electron chi connectivity index (χ3n) is 1.61. The zero-order valence-corrected chi connectivity index (χ0v) is 9.37. The molecule has 78 valence electrons. The maximum Gasteiger partial charge on any atom is 0.0462 e. The van der Waals surface area contributed by atoms with Crippen molar-refractivity contribution in [1.29, 1.82) is 0 Å². The largest absolute Gasteiger partial charge is 0.385 e. The van der Waals surface area contributed by atoms with Gasteiger partial charge in [-0.05, 0) is 19.4 Å². The fourth-order valence-electron chi connectivity index (χ4n) is 0.932. The van der Waals surface area contributed by atoms with Gasteiger partial charge in [0.2, 0.25) is 0 Å². The smallest absolute Gasteiger partial charge is 0.0462 e. The van der Waals surface area contributed by atoms with Gasteiger partial charge < -0.3 is 10.1 Å². The molecule has 0 aliphatic heterocycles. The average molecular weight is 203 g/mol. The van der Waals surface area contributed by atoms with Crippen LogP contribution in [0.25, 0.3) is 0 Å². The summed E-state index contributed by atoms with van der Waals surface area (Å²) in [5, 5.41) is 3.39. The molecule has 1 N–H and O–H groups in total. The highest BCUT2D eigenvalue weighted by Gasteiger charge is 1.88. The van der Waals surface area contributed by atoms with Gasteiger partial charge in [-0.1, -0.05) is 6.08 Å². The van der Waals surface area contributed by atoms with E-state index in [1.807, 2.05) is 17.8 Å². The maximum atomic E-state index is 4.96. The van der Waals surface area contributed by atoms with Crippen LogP contribution in [0.3, 0.4) is 0 Å². The standard InChI is InChI=1S/C10H21NOS/c1-3-9-13-10-7-11-6-4-5-8-12-2/h3,11H,1,4-10H2,2H3. The summed E-state index contributed by atoms with van der Waals surface area (Å²) in [6.07, 6.45) is 4.31. The van der Waals surface area contributed by atoms with Gasteiger partial charge >= 0.3 is 0 Å². The molecule has 0 rings (SSSR count). The van der Waals surface area contributed by atoms with Crippen LogP contribution in [-0.2, 0) is 4.74 Å². The van der Waals surface area contributed by atoms with Crippen molar-refractivity contribution in [3.63, 3.8) is 0 Å². The minimum absolute atomic E-state index is 0.882. The summed E-state index contributed by atoms with van der Waals surface area (Å²) >= 11 is 1.92. The number of unbranched alkanes of at least 4 members (excludes halogenated alkanes) is 1. The zero-order valence-electron chi connectivity index (χ0n) is 8.55. The minimum Gasteiger partial charge on any atom is -0.385 e. The molecule has 0 atom stereocenters. The third kappa shape index (κ3) is 12.0. The number of hydrogen-bond acceptors (Lipinski definition) is 3. The predicted molar refractivity (Wildman–Crippen MR) is 61.5 cm³/mol. The first-order chi connectivity index (χ1) is 6.41. The summed E-state index contributed by atoms with van der Waals surface area (Å²) < 4.78 is 4.96. The Kier molecular flexibility index (Phi) is 12.0. The molecule has 0 bridgehead atoms. The van der Waals surface area contributed by atoms with Gasteiger partial charge in [-0.15, -0.1) is 6.58 Å². The number of nitrogens with one attached hydrogen (secondary N) is 1. The van der Waals surface area contributed by atoms with Crippen LogP contribution in [0.15, 0.2) is 12.7 Å². The Morgan fingerprint density at radius 1 is 1.38 bits per heavy atom. The molecule has 0 amide bonds. The van der Waals surface area contributed by atoms with Gasteiger partial charge in [0, 0.05) is 31.8 Å². The maximum absolute atomic E-state index is 4.96. The summed E-state index contributed by atoms with van der Waals surface area (Å²) in [5.41, 5.74) is 0. The zero-order chi connectivity index (χ0) is 9.78. The quantitative estimate of drug-likeness (QED) is 0.433. The SMILES string of the molecule is C=CCSCCNCCCCOC. The van der Waals surface area contributed by atoms with E-state index in [0.29, 0.717) is 0 Å². The number of ether oxygens (including phenoxy) is 1. The summed E-state index contributed by atoms with van der Waals surface area (Å²) in [5.74, 6) is 2.24. The van der Waals surface area contributed by atoms with Crippen LogP contribution in [0.5, 0.6) is 0 Å². The number of rotatable bonds is 10. The molecule has 0 fully saturated rings. The van der Waals surface area contributed by atoms with Gasteiger partial charge in [-0.3, -0.25) is 0 Å². The molecule has 2 nitrogen and oxygen atoms in total. The van der Waals surface area contributed by atoms with Crippen molar-refractivity contribution in [1.82, 2.24) is 5.32 Å². The predicted octanol–water partition coefficient (Wildman–Crippen LogP) is 1.92. The lowest BCUT2D eigenvalue weighted by Gasteiger charge is -2.03. The number of methoxy groups -OCH3 is 1. The van der Waals surface area contributed by atoms with Crippen molar-refractivity contribution in [2.45, 2.75) is 12.8 Å². The first-order valence-electron chi connectivity index (χ1n) is 4.80. The molecule has 0 aliphatic carbocycles. The van der Waals surface area contributed by atoms with Crippen LogP contribution in [-0.4, -0.2) is 38.3 Å². The molecule has 0 heterocycles. The van der Waals surface area contributed by atoms with E-state index >= 15 is 0 Å². The second-order valence-corrected chi connectivity index (χ2v) is 3.96. The molecule has 0 aromatic rings. The monoisotopic (exact) mass is 203 g/mol. The Morgan fingerprint density at radius 2 is 2.23 bits per heavy atom. The van der Waals surface area contributed by atoms with Gasteiger partial charge in [-0.2, -0.15) is 11.8 Å². The Balaban J connectivity index is 2.79. The average Bonchev–Trinajstić information content (AvgIpc) is 2.16. The van der Waals surface area contributed by atoms with Crippen LogP contribution in [0, 0.1) is 0 Å². The molecule has 0 radical (unpaired) electrons. The van der Waals surface area contributed by atoms with Gasteiger partial charge in [-0.25, -0.2) is 0 Å². The molecule has 0 aliphatic rings. The first kappa shape index (κ1) is 13.0. The highest BCUT2D eigenvalue weighted by Crippen LogP contribution is 1.97. The van der Waals surface area contributed by atoms with Crippen molar-refractivity contribution < 1.29 is 4.74 Å². The summed E-state index contributed by atoms with van der Waals surface area (Å²) in [7, 11) is 1.75. The van der Waals surface area contributed by atoms with Crippen molar-refractivity contribution in [3.05, 3.63) is 12.7 Å². The minimum atomic E-state index is 0.882.